The van der Waals surface area contributed by atoms with E-state index in [1.165, 1.54) is 0 Å². The number of hydrogen-bond donors (Lipinski definition) is 2. The van der Waals surface area contributed by atoms with Gasteiger partial charge in [0.1, 0.15) is 16.4 Å². The molecule has 2 fully saturated rings. The molecule has 2 saturated heterocycles. The Bertz CT molecular complexity index is 1450. The molecule has 2 aliphatic rings. The lowest BCUT2D eigenvalue weighted by molar-refractivity contribution is 0.229. The van der Waals surface area contributed by atoms with Gasteiger partial charge in [-0.1, -0.05) is 13.8 Å². The molecular formula is C24H32N6O4S. The van der Waals surface area contributed by atoms with Crippen molar-refractivity contribution in [1.82, 2.24) is 29.8 Å². The number of rotatable bonds is 8. The van der Waals surface area contributed by atoms with Gasteiger partial charge in [-0.2, -0.15) is 0 Å². The van der Waals surface area contributed by atoms with Gasteiger partial charge in [-0.15, -0.1) is 5.10 Å². The minimum absolute atomic E-state index is 0.181. The Morgan fingerprint density at radius 1 is 1.26 bits per heavy atom. The molecule has 0 aliphatic carbocycles. The molecule has 2 N–H and O–H groups in total. The van der Waals surface area contributed by atoms with Gasteiger partial charge in [-0.05, 0) is 51.4 Å². The van der Waals surface area contributed by atoms with Crippen molar-refractivity contribution in [3.8, 4) is 17.1 Å². The summed E-state index contributed by atoms with van der Waals surface area (Å²) in [5, 5.41) is 7.96. The summed E-state index contributed by atoms with van der Waals surface area (Å²) >= 11 is 0. The number of nitrogens with zero attached hydrogens (tertiary/aromatic N) is 4. The van der Waals surface area contributed by atoms with Crippen LogP contribution >= 0.6 is 0 Å². The van der Waals surface area contributed by atoms with Crippen LogP contribution in [0.15, 0.2) is 27.9 Å². The number of likely N-dealkylation sites (N-methyl/N-ethyl adjacent to an activating group) is 1. The van der Waals surface area contributed by atoms with Gasteiger partial charge < -0.3 is 9.72 Å². The molecule has 0 amide bonds. The molecule has 3 aromatic rings. The molecule has 2 bridgehead atoms. The monoisotopic (exact) mass is 500 g/mol. The third kappa shape index (κ3) is 3.68. The van der Waals surface area contributed by atoms with Gasteiger partial charge in [-0.3, -0.25) is 15.0 Å². The second kappa shape index (κ2) is 8.72. The molecular weight excluding hydrogens is 468 g/mol. The summed E-state index contributed by atoms with van der Waals surface area (Å²) in [5.74, 6) is 1.40. The number of fused-ring (bicyclic) bond motifs is 3. The smallest absolute Gasteiger partial charge is 0.277 e. The maximum atomic E-state index is 13.9. The van der Waals surface area contributed by atoms with Crippen molar-refractivity contribution in [2.75, 3.05) is 26.2 Å². The largest absolute Gasteiger partial charge is 0.493 e. The minimum Gasteiger partial charge on any atom is -0.493 e. The van der Waals surface area contributed by atoms with Crippen LogP contribution < -0.4 is 15.6 Å². The van der Waals surface area contributed by atoms with Crippen molar-refractivity contribution >= 4 is 15.4 Å². The Morgan fingerprint density at radius 2 is 2.06 bits per heavy atom. The van der Waals surface area contributed by atoms with Gasteiger partial charge in [0.25, 0.3) is 5.56 Å². The van der Waals surface area contributed by atoms with Crippen LogP contribution in [0.4, 0.5) is 0 Å². The van der Waals surface area contributed by atoms with E-state index in [-0.39, 0.29) is 22.3 Å². The molecule has 0 unspecified atom stereocenters. The molecule has 11 heteroatoms. The summed E-state index contributed by atoms with van der Waals surface area (Å²) in [6.07, 6.45) is 2.08. The Balaban J connectivity index is 1.66. The minimum atomic E-state index is -3.73. The lowest BCUT2D eigenvalue weighted by Gasteiger charge is -2.32. The molecule has 0 radical (unpaired) electrons. The number of H-pyrrole nitrogens is 1. The van der Waals surface area contributed by atoms with Crippen LogP contribution in [0.3, 0.4) is 0 Å². The van der Waals surface area contributed by atoms with E-state index in [2.05, 4.69) is 32.2 Å². The van der Waals surface area contributed by atoms with Crippen molar-refractivity contribution in [2.24, 2.45) is 0 Å². The summed E-state index contributed by atoms with van der Waals surface area (Å²) in [5.41, 5.74) is 1.10. The first kappa shape index (κ1) is 24.0. The number of nitrogens with one attached hydrogen (secondary N) is 2. The van der Waals surface area contributed by atoms with Crippen LogP contribution in [-0.4, -0.2) is 70.1 Å². The van der Waals surface area contributed by atoms with E-state index in [0.29, 0.717) is 60.9 Å². The molecule has 0 spiro atoms. The van der Waals surface area contributed by atoms with Crippen molar-refractivity contribution in [3.63, 3.8) is 0 Å². The summed E-state index contributed by atoms with van der Waals surface area (Å²) in [7, 11) is -3.73. The number of aromatic amines is 1. The normalized spacial score (nSPS) is 22.3. The molecule has 2 aliphatic heterocycles. The van der Waals surface area contributed by atoms with Gasteiger partial charge in [0.15, 0.2) is 21.2 Å². The lowest BCUT2D eigenvalue weighted by atomic mass is 10.2. The second-order valence-electron chi connectivity index (χ2n) is 9.32. The van der Waals surface area contributed by atoms with E-state index in [1.54, 1.807) is 29.6 Å². The molecule has 188 valence electrons. The SMILES string of the molecule is CCCc1nc(C)c2c(=O)[nH]c(-c3cc(S(=O)(=O)[C@]45C[C@@H](CN4)N(CC)C5)ccc3OCC)nn12. The zero-order valence-electron chi connectivity index (χ0n) is 20.6. The average molecular weight is 501 g/mol. The van der Waals surface area contributed by atoms with Gasteiger partial charge in [-0.25, -0.2) is 17.9 Å². The standard InChI is InChI=1S/C24H32N6O4S/c1-5-8-20-26-15(4)21-23(31)27-22(28-30(20)21)18-11-17(9-10-19(18)34-7-3)35(32,33)24-12-16(13-25-24)29(6-2)14-24/h9-11,16,25H,5-8,12-14H2,1-4H3,(H,27,28,31)/t16-,24-/m0/s1. The van der Waals surface area contributed by atoms with Gasteiger partial charge in [0, 0.05) is 25.6 Å². The number of aryl methyl sites for hydroxylation is 2. The average Bonchev–Trinajstić information content (AvgIpc) is 3.52. The summed E-state index contributed by atoms with van der Waals surface area (Å²) in [4.78, 5) is 21.7. The summed E-state index contributed by atoms with van der Waals surface area (Å²) in [6.45, 7) is 10.0. The Kier molecular flexibility index (Phi) is 5.97. The van der Waals surface area contributed by atoms with Crippen molar-refractivity contribution in [1.29, 1.82) is 0 Å². The highest BCUT2D eigenvalue weighted by molar-refractivity contribution is 7.92. The number of imidazole rings is 1. The number of piperazine rings is 1. The van der Waals surface area contributed by atoms with E-state index in [9.17, 15) is 13.2 Å². The molecule has 2 aromatic heterocycles. The quantitative estimate of drug-likeness (QED) is 0.481. The predicted octanol–water partition coefficient (Wildman–Crippen LogP) is 1.91. The maximum absolute atomic E-state index is 13.9. The third-order valence-electron chi connectivity index (χ3n) is 7.15. The van der Waals surface area contributed by atoms with E-state index in [1.807, 2.05) is 13.8 Å². The molecule has 10 nitrogen and oxygen atoms in total. The molecule has 5 rings (SSSR count). The Hall–Kier alpha value is -2.76. The number of hydrogen-bond acceptors (Lipinski definition) is 8. The van der Waals surface area contributed by atoms with Gasteiger partial charge >= 0.3 is 0 Å². The number of likely N-dealkylation sites (tertiary alicyclic amines) is 1. The first-order valence-corrected chi connectivity index (χ1v) is 13.7. The number of sulfone groups is 1. The zero-order chi connectivity index (χ0) is 25.0. The number of aromatic nitrogens is 4. The fraction of sp³-hybridized carbons (Fsp3) is 0.542. The van der Waals surface area contributed by atoms with Crippen molar-refractivity contribution < 1.29 is 13.2 Å². The molecule has 0 saturated carbocycles. The van der Waals surface area contributed by atoms with Gasteiger partial charge in [0.2, 0.25) is 0 Å². The van der Waals surface area contributed by atoms with Gasteiger partial charge in [0.05, 0.1) is 22.8 Å². The summed E-state index contributed by atoms with van der Waals surface area (Å²) in [6, 6.07) is 5.03. The van der Waals surface area contributed by atoms with Crippen LogP contribution in [0.5, 0.6) is 5.75 Å². The lowest BCUT2D eigenvalue weighted by Crippen LogP contribution is -2.55. The molecule has 1 aromatic carbocycles. The highest BCUT2D eigenvalue weighted by atomic mass is 32.2. The highest BCUT2D eigenvalue weighted by Gasteiger charge is 2.57. The maximum Gasteiger partial charge on any atom is 0.277 e. The highest BCUT2D eigenvalue weighted by Crippen LogP contribution is 2.41. The number of ether oxygens (including phenoxy) is 1. The Morgan fingerprint density at radius 3 is 2.74 bits per heavy atom. The topological polar surface area (TPSA) is 122 Å². The third-order valence-corrected chi connectivity index (χ3v) is 9.50. The van der Waals surface area contributed by atoms with Crippen molar-refractivity contribution in [3.05, 3.63) is 40.1 Å². The van der Waals surface area contributed by atoms with Crippen molar-refractivity contribution in [2.45, 2.75) is 62.8 Å². The zero-order valence-corrected chi connectivity index (χ0v) is 21.4. The van der Waals surface area contributed by atoms with E-state index in [4.69, 9.17) is 4.74 Å². The van der Waals surface area contributed by atoms with Crippen LogP contribution in [0.25, 0.3) is 16.9 Å². The summed E-state index contributed by atoms with van der Waals surface area (Å²) < 4.78 is 35.2. The van der Waals surface area contributed by atoms with E-state index in [0.717, 1.165) is 13.0 Å². The fourth-order valence-corrected chi connectivity index (χ4v) is 7.43. The fourth-order valence-electron chi connectivity index (χ4n) is 5.44. The van der Waals surface area contributed by atoms with E-state index >= 15 is 0 Å². The number of benzene rings is 1. The Labute approximate surface area is 204 Å². The van der Waals surface area contributed by atoms with Crippen LogP contribution in [-0.2, 0) is 16.3 Å². The van der Waals surface area contributed by atoms with Crippen LogP contribution in [0.2, 0.25) is 0 Å². The molecule has 4 heterocycles. The first-order valence-electron chi connectivity index (χ1n) is 12.2. The molecule has 35 heavy (non-hydrogen) atoms. The first-order chi connectivity index (χ1) is 16.7. The second-order valence-corrected chi connectivity index (χ2v) is 11.6. The van der Waals surface area contributed by atoms with Crippen LogP contribution in [0.1, 0.15) is 45.1 Å². The predicted molar refractivity (Wildman–Crippen MR) is 133 cm³/mol. The van der Waals surface area contributed by atoms with Crippen LogP contribution in [0, 0.1) is 6.92 Å². The molecule has 2 atom stereocenters. The van der Waals surface area contributed by atoms with E-state index < -0.39 is 14.7 Å².